The van der Waals surface area contributed by atoms with Crippen LogP contribution in [0.3, 0.4) is 0 Å². The smallest absolute Gasteiger partial charge is 0.306 e. The third kappa shape index (κ3) is 86.6. The van der Waals surface area contributed by atoms with Crippen molar-refractivity contribution in [2.75, 3.05) is 47.5 Å². The first-order valence-corrected chi connectivity index (χ1v) is 46.1. The van der Waals surface area contributed by atoms with Gasteiger partial charge in [0, 0.05) is 12.8 Å². The predicted molar refractivity (Wildman–Crippen MR) is 445 cm³/mol. The molecule has 0 N–H and O–H groups in total. The van der Waals surface area contributed by atoms with Crippen molar-refractivity contribution in [2.45, 2.75) is 501 Å². The van der Waals surface area contributed by atoms with E-state index in [1.165, 1.54) is 417 Å². The molecule has 0 aliphatic carbocycles. The Labute approximate surface area is 642 Å². The van der Waals surface area contributed by atoms with Crippen LogP contribution >= 0.6 is 0 Å². The molecule has 0 aromatic rings. The third-order valence-corrected chi connectivity index (χ3v) is 21.4. The summed E-state index contributed by atoms with van der Waals surface area (Å²) in [7, 11) is 5.96. The highest BCUT2D eigenvalue weighted by Crippen LogP contribution is 2.21. The molecule has 0 bridgehead atoms. The molecule has 0 aliphatic rings. The van der Waals surface area contributed by atoms with Gasteiger partial charge in [0.2, 0.25) is 0 Å². The zero-order chi connectivity index (χ0) is 74.6. The van der Waals surface area contributed by atoms with E-state index in [2.05, 4.69) is 50.3 Å². The summed E-state index contributed by atoms with van der Waals surface area (Å²) in [6.45, 7) is 4.83. The second-order valence-corrected chi connectivity index (χ2v) is 32.9. The Morgan fingerprint density at radius 1 is 0.291 bits per heavy atom. The molecule has 0 spiro atoms. The first kappa shape index (κ1) is 101. The number of rotatable bonds is 88. The van der Waals surface area contributed by atoms with E-state index in [1.54, 1.807) is 0 Å². The SMILES string of the molecule is CCCCCCC/C=C\C/C=C\CCCCCCCCCCCCCCCCCCCCCCCCCCCCCC(=O)OC(COC(=O)CCCCCCCCCCCCCCCCCCCCCCCCCCCCC/C=C\CCCCCCCCCC)COC(OCC[N+](C)(C)C)C(=O)[O-]. The molecule has 0 amide bonds. The lowest BCUT2D eigenvalue weighted by Gasteiger charge is -2.26. The van der Waals surface area contributed by atoms with E-state index in [1.807, 2.05) is 21.1 Å². The molecule has 103 heavy (non-hydrogen) atoms. The van der Waals surface area contributed by atoms with Gasteiger partial charge in [-0.3, -0.25) is 9.59 Å². The topological polar surface area (TPSA) is 111 Å². The molecule has 0 aromatic carbocycles. The first-order valence-electron chi connectivity index (χ1n) is 46.1. The number of likely N-dealkylation sites (N-methyl/N-ethyl adjacent to an activating group) is 1. The average Bonchev–Trinajstić information content (AvgIpc) is 0.985. The maximum atomic E-state index is 13.0. The number of ether oxygens (including phenoxy) is 4. The average molecular weight is 1450 g/mol. The summed E-state index contributed by atoms with van der Waals surface area (Å²) in [6, 6.07) is 0. The number of carboxylic acid groups (broad SMARTS) is 1. The minimum atomic E-state index is -1.62. The molecule has 2 unspecified atom stereocenters. The molecule has 0 radical (unpaired) electrons. The molecule has 9 nitrogen and oxygen atoms in total. The van der Waals surface area contributed by atoms with Crippen molar-refractivity contribution in [3.05, 3.63) is 36.5 Å². The fraction of sp³-hybridized carbons (Fsp3) is 0.904. The standard InChI is InChI=1S/C94H179NO8/c1-6-8-10-12-14-16-18-20-22-24-26-28-30-32-34-36-38-40-42-44-46-48-50-52-54-56-58-60-62-64-66-68-70-72-74-76-78-80-82-84-91(96)101-88-90(89-102-94(93(98)99)100-87-86-95(3,4)5)103-92(97)85-83-81-79-77-75-73-71-69-67-65-63-61-59-57-55-53-51-49-47-45-43-41-39-37-35-33-31-29-27-25-23-21-19-17-15-13-11-9-7-2/h19,21,24-27,90,94H,6-18,20,22-23,28-89H2,1-5H3/b21-19-,26-24-,27-25-. The number of hydrogen-bond acceptors (Lipinski definition) is 8. The van der Waals surface area contributed by atoms with Crippen LogP contribution in [0.1, 0.15) is 489 Å². The zero-order valence-electron chi connectivity index (χ0n) is 70.0. The van der Waals surface area contributed by atoms with Crippen molar-refractivity contribution in [1.29, 1.82) is 0 Å². The number of allylic oxidation sites excluding steroid dienone is 6. The Kier molecular flexibility index (Phi) is 83.1. The fourth-order valence-electron chi connectivity index (χ4n) is 14.3. The van der Waals surface area contributed by atoms with Crippen LogP contribution in [0.5, 0.6) is 0 Å². The number of nitrogens with zero attached hydrogens (tertiary/aromatic N) is 1. The number of esters is 2. The summed E-state index contributed by atoms with van der Waals surface area (Å²) < 4.78 is 22.9. The molecular formula is C94H179NO8. The number of aliphatic carboxylic acids is 1. The molecule has 2 atom stereocenters. The number of hydrogen-bond donors (Lipinski definition) is 0. The highest BCUT2D eigenvalue weighted by molar-refractivity contribution is 5.70. The van der Waals surface area contributed by atoms with Gasteiger partial charge in [0.25, 0.3) is 0 Å². The van der Waals surface area contributed by atoms with Gasteiger partial charge >= 0.3 is 11.9 Å². The van der Waals surface area contributed by atoms with Crippen molar-refractivity contribution < 1.29 is 42.9 Å². The molecule has 0 aliphatic heterocycles. The van der Waals surface area contributed by atoms with Gasteiger partial charge in [0.05, 0.1) is 40.3 Å². The van der Waals surface area contributed by atoms with E-state index in [-0.39, 0.29) is 32.2 Å². The van der Waals surface area contributed by atoms with E-state index in [9.17, 15) is 19.5 Å². The Balaban J connectivity index is 3.87. The first-order chi connectivity index (χ1) is 50.6. The second-order valence-electron chi connectivity index (χ2n) is 32.9. The minimum Gasteiger partial charge on any atom is -0.545 e. The quantitative estimate of drug-likeness (QED) is 0.0195. The van der Waals surface area contributed by atoms with Gasteiger partial charge in [-0.05, 0) is 70.6 Å². The highest BCUT2D eigenvalue weighted by Gasteiger charge is 2.22. The number of unbranched alkanes of at least 4 members (excludes halogenated alkanes) is 67. The number of quaternary nitrogens is 1. The lowest BCUT2D eigenvalue weighted by molar-refractivity contribution is -0.870. The van der Waals surface area contributed by atoms with Gasteiger partial charge in [0.1, 0.15) is 13.2 Å². The normalized spacial score (nSPS) is 12.7. The molecule has 0 heterocycles. The van der Waals surface area contributed by atoms with Crippen LogP contribution in [0.2, 0.25) is 0 Å². The third-order valence-electron chi connectivity index (χ3n) is 21.4. The van der Waals surface area contributed by atoms with Gasteiger partial charge in [-0.2, -0.15) is 0 Å². The monoisotopic (exact) mass is 1450 g/mol. The molecule has 0 saturated heterocycles. The zero-order valence-corrected chi connectivity index (χ0v) is 70.0. The van der Waals surface area contributed by atoms with Gasteiger partial charge in [0.15, 0.2) is 12.4 Å². The summed E-state index contributed by atoms with van der Waals surface area (Å²) in [5.74, 6) is -2.24. The van der Waals surface area contributed by atoms with Gasteiger partial charge in [-0.15, -0.1) is 0 Å². The largest absolute Gasteiger partial charge is 0.545 e. The van der Waals surface area contributed by atoms with Crippen molar-refractivity contribution >= 4 is 17.9 Å². The molecular weight excluding hydrogens is 1270 g/mol. The van der Waals surface area contributed by atoms with Crippen LogP contribution in [0.4, 0.5) is 0 Å². The van der Waals surface area contributed by atoms with Crippen molar-refractivity contribution in [3.8, 4) is 0 Å². The molecule has 0 aromatic heterocycles. The van der Waals surface area contributed by atoms with Crippen LogP contribution < -0.4 is 5.11 Å². The molecule has 0 rings (SSSR count). The van der Waals surface area contributed by atoms with Gasteiger partial charge < -0.3 is 33.3 Å². The number of carbonyl (C=O) groups excluding carboxylic acids is 3. The maximum Gasteiger partial charge on any atom is 0.306 e. The van der Waals surface area contributed by atoms with E-state index in [0.717, 1.165) is 44.9 Å². The summed E-state index contributed by atoms with van der Waals surface area (Å²) >= 11 is 0. The molecule has 0 saturated carbocycles. The minimum absolute atomic E-state index is 0.152. The fourth-order valence-corrected chi connectivity index (χ4v) is 14.3. The van der Waals surface area contributed by atoms with Crippen LogP contribution in [0, 0.1) is 0 Å². The van der Waals surface area contributed by atoms with Crippen molar-refractivity contribution in [3.63, 3.8) is 0 Å². The predicted octanol–water partition coefficient (Wildman–Crippen LogP) is 28.8. The Hall–Kier alpha value is -2.49. The van der Waals surface area contributed by atoms with E-state index in [0.29, 0.717) is 17.4 Å². The van der Waals surface area contributed by atoms with Crippen LogP contribution in [-0.2, 0) is 33.3 Å². The van der Waals surface area contributed by atoms with Gasteiger partial charge in [-0.1, -0.05) is 442 Å². The highest BCUT2D eigenvalue weighted by atomic mass is 16.7. The van der Waals surface area contributed by atoms with E-state index < -0.39 is 24.3 Å². The van der Waals surface area contributed by atoms with Crippen LogP contribution in [-0.4, -0.2) is 82.3 Å². The van der Waals surface area contributed by atoms with E-state index >= 15 is 0 Å². The van der Waals surface area contributed by atoms with Gasteiger partial charge in [-0.25, -0.2) is 0 Å². The lowest BCUT2D eigenvalue weighted by Crippen LogP contribution is -2.44. The summed E-state index contributed by atoms with van der Waals surface area (Å²) in [5.41, 5.74) is 0. The van der Waals surface area contributed by atoms with E-state index in [4.69, 9.17) is 18.9 Å². The van der Waals surface area contributed by atoms with Crippen LogP contribution in [0.15, 0.2) is 36.5 Å². The Morgan fingerprint density at radius 2 is 0.524 bits per heavy atom. The summed E-state index contributed by atoms with van der Waals surface area (Å²) in [5, 5.41) is 11.9. The maximum absolute atomic E-state index is 13.0. The van der Waals surface area contributed by atoms with Crippen molar-refractivity contribution in [1.82, 2.24) is 0 Å². The summed E-state index contributed by atoms with van der Waals surface area (Å²) in [6.07, 6.45) is 109. The second kappa shape index (κ2) is 85.1. The summed E-state index contributed by atoms with van der Waals surface area (Å²) in [4.78, 5) is 37.7. The Bertz CT molecular complexity index is 1790. The number of carboxylic acids is 1. The number of carbonyl (C=O) groups is 3. The molecule has 0 fully saturated rings. The van der Waals surface area contributed by atoms with Crippen molar-refractivity contribution in [2.24, 2.45) is 0 Å². The molecule has 9 heteroatoms. The van der Waals surface area contributed by atoms with Crippen LogP contribution in [0.25, 0.3) is 0 Å². The Morgan fingerprint density at radius 3 is 0.777 bits per heavy atom. The molecule has 608 valence electrons. The lowest BCUT2D eigenvalue weighted by atomic mass is 10.0.